The van der Waals surface area contributed by atoms with Crippen molar-refractivity contribution in [1.29, 1.82) is 0 Å². The van der Waals surface area contributed by atoms with Crippen LogP contribution in [0.3, 0.4) is 0 Å². The van der Waals surface area contributed by atoms with Gasteiger partial charge in [-0.3, -0.25) is 9.97 Å². The van der Waals surface area contributed by atoms with E-state index in [1.165, 1.54) is 0 Å². The van der Waals surface area contributed by atoms with E-state index in [0.717, 1.165) is 0 Å². The molecule has 15 heavy (non-hydrogen) atoms. The first-order chi connectivity index (χ1) is 7.00. The summed E-state index contributed by atoms with van der Waals surface area (Å²) in [6.45, 7) is -0.430. The molecule has 0 saturated heterocycles. The summed E-state index contributed by atoms with van der Waals surface area (Å²) in [6.07, 6.45) is 0. The molecule has 1 aromatic heterocycles. The molecule has 0 aliphatic rings. The molecule has 0 radical (unpaired) electrons. The number of hydrogen-bond donors (Lipinski definition) is 2. The number of carbonyl (C=O) groups is 1. The predicted octanol–water partition coefficient (Wildman–Crippen LogP) is -1.40. The van der Waals surface area contributed by atoms with E-state index < -0.39 is 22.5 Å². The molecule has 0 aliphatic carbocycles. The maximum Gasteiger partial charge on any atom is 0.403 e. The minimum atomic E-state index is -1.04. The molecule has 8 nitrogen and oxygen atoms in total. The first kappa shape index (κ1) is 11.2. The van der Waals surface area contributed by atoms with Gasteiger partial charge in [0.15, 0.2) is 0 Å². The van der Waals surface area contributed by atoms with Gasteiger partial charge in [-0.2, -0.15) is 0 Å². The largest absolute Gasteiger partial charge is 0.452 e. The minimum Gasteiger partial charge on any atom is -0.452 e. The summed E-state index contributed by atoms with van der Waals surface area (Å²) >= 11 is 4.86. The Kier molecular flexibility index (Phi) is 3.45. The fourth-order valence-corrected chi connectivity index (χ4v) is 0.950. The van der Waals surface area contributed by atoms with Crippen molar-refractivity contribution in [2.24, 2.45) is 0 Å². The maximum absolute atomic E-state index is 11.1. The van der Waals surface area contributed by atoms with Gasteiger partial charge in [-0.25, -0.2) is 23.7 Å². The van der Waals surface area contributed by atoms with Crippen LogP contribution in [-0.2, 0) is 11.3 Å². The monoisotopic (exact) mass is 235 g/mol. The lowest BCUT2D eigenvalue weighted by Gasteiger charge is -2.01. The number of ether oxygens (including phenoxy) is 1. The molecule has 0 saturated carbocycles. The van der Waals surface area contributed by atoms with Crippen molar-refractivity contribution >= 4 is 17.0 Å². The summed E-state index contributed by atoms with van der Waals surface area (Å²) in [5.74, 6) is 0. The van der Waals surface area contributed by atoms with Crippen LogP contribution >= 0.6 is 11.6 Å². The molecule has 0 aliphatic heterocycles. The Morgan fingerprint density at radius 1 is 1.27 bits per heavy atom. The van der Waals surface area contributed by atoms with Crippen LogP contribution in [0.2, 0.25) is 0 Å². The molecule has 9 heteroatoms. The smallest absolute Gasteiger partial charge is 0.403 e. The Morgan fingerprint density at radius 3 is 2.27 bits per heavy atom. The van der Waals surface area contributed by atoms with Gasteiger partial charge in [0.2, 0.25) is 0 Å². The zero-order valence-electron chi connectivity index (χ0n) is 7.28. The van der Waals surface area contributed by atoms with Crippen LogP contribution in [-0.4, -0.2) is 26.6 Å². The van der Waals surface area contributed by atoms with E-state index in [-0.39, 0.29) is 13.2 Å². The van der Waals surface area contributed by atoms with Gasteiger partial charge in [-0.1, -0.05) is 0 Å². The molecule has 0 amide bonds. The van der Waals surface area contributed by atoms with Crippen molar-refractivity contribution < 1.29 is 9.53 Å². The van der Waals surface area contributed by atoms with E-state index in [2.05, 4.69) is 4.74 Å². The fraction of sp³-hybridized carbons (Fsp3) is 0.333. The molecule has 1 aromatic rings. The van der Waals surface area contributed by atoms with Gasteiger partial charge in [-0.15, -0.1) is 0 Å². The Labute approximate surface area is 86.5 Å². The Balaban J connectivity index is 2.87. The van der Waals surface area contributed by atoms with E-state index in [4.69, 9.17) is 11.6 Å². The average Bonchev–Trinajstić information content (AvgIpc) is 2.08. The number of aromatic nitrogens is 3. The number of nitrogens with one attached hydrogen (secondary N) is 2. The normalized spacial score (nSPS) is 9.93. The van der Waals surface area contributed by atoms with Crippen LogP contribution < -0.4 is 17.1 Å². The molecule has 1 rings (SSSR count). The molecular formula is C6H6ClN3O5. The summed E-state index contributed by atoms with van der Waals surface area (Å²) in [5, 5.41) is 0. The highest BCUT2D eigenvalue weighted by Crippen LogP contribution is 1.85. The third-order valence-electron chi connectivity index (χ3n) is 1.46. The molecule has 0 spiro atoms. The number of H-pyrrole nitrogens is 2. The third-order valence-corrected chi connectivity index (χ3v) is 1.57. The standard InChI is InChI=1S/C6H6ClN3O5/c7-3(11)15-2-1-10-5(13)8-4(12)9-6(10)14/h1-2H2,(H2,8,9,12,13,14). The second-order valence-electron chi connectivity index (χ2n) is 2.43. The lowest BCUT2D eigenvalue weighted by atomic mass is 10.6. The highest BCUT2D eigenvalue weighted by Gasteiger charge is 2.03. The summed E-state index contributed by atoms with van der Waals surface area (Å²) in [5.41, 5.74) is -3.69. The highest BCUT2D eigenvalue weighted by molar-refractivity contribution is 6.61. The van der Waals surface area contributed by atoms with Gasteiger partial charge in [0.1, 0.15) is 6.61 Å². The summed E-state index contributed by atoms with van der Waals surface area (Å²) in [6, 6.07) is 0. The Morgan fingerprint density at radius 2 is 1.80 bits per heavy atom. The number of rotatable bonds is 3. The Hall–Kier alpha value is -1.83. The summed E-state index contributed by atoms with van der Waals surface area (Å²) in [4.78, 5) is 46.6. The third kappa shape index (κ3) is 3.09. The molecule has 0 atom stereocenters. The first-order valence-corrected chi connectivity index (χ1v) is 4.14. The molecule has 0 bridgehead atoms. The summed E-state index contributed by atoms with van der Waals surface area (Å²) < 4.78 is 4.98. The van der Waals surface area contributed by atoms with E-state index in [1.807, 2.05) is 9.97 Å². The lowest BCUT2D eigenvalue weighted by Crippen LogP contribution is -2.43. The fourth-order valence-electron chi connectivity index (χ4n) is 0.873. The molecule has 1 heterocycles. The van der Waals surface area contributed by atoms with Gasteiger partial charge in [0, 0.05) is 11.6 Å². The van der Waals surface area contributed by atoms with Gasteiger partial charge in [0.25, 0.3) is 0 Å². The SMILES string of the molecule is O=C(Cl)OCCn1c(=O)[nH]c(=O)[nH]c1=O. The molecule has 0 aromatic carbocycles. The first-order valence-electron chi connectivity index (χ1n) is 3.76. The van der Waals surface area contributed by atoms with Crippen LogP contribution in [0.1, 0.15) is 0 Å². The van der Waals surface area contributed by atoms with Gasteiger partial charge < -0.3 is 4.74 Å². The Bertz CT molecular complexity index is 492. The van der Waals surface area contributed by atoms with Crippen molar-refractivity contribution in [3.05, 3.63) is 31.5 Å². The van der Waals surface area contributed by atoms with E-state index in [1.54, 1.807) is 0 Å². The number of carbonyl (C=O) groups excluding carboxylic acids is 1. The lowest BCUT2D eigenvalue weighted by molar-refractivity contribution is 0.167. The van der Waals surface area contributed by atoms with Crippen LogP contribution in [0.25, 0.3) is 0 Å². The van der Waals surface area contributed by atoms with Crippen molar-refractivity contribution in [3.63, 3.8) is 0 Å². The molecule has 0 fully saturated rings. The molecule has 2 N–H and O–H groups in total. The quantitative estimate of drug-likeness (QED) is 0.626. The number of aromatic amines is 2. The van der Waals surface area contributed by atoms with Crippen LogP contribution in [0, 0.1) is 0 Å². The second kappa shape index (κ2) is 4.60. The van der Waals surface area contributed by atoms with Crippen molar-refractivity contribution in [3.8, 4) is 0 Å². The van der Waals surface area contributed by atoms with Crippen LogP contribution in [0.4, 0.5) is 4.79 Å². The highest BCUT2D eigenvalue weighted by atomic mass is 35.5. The number of hydrogen-bond acceptors (Lipinski definition) is 5. The summed E-state index contributed by atoms with van der Waals surface area (Å²) in [7, 11) is 0. The maximum atomic E-state index is 11.1. The van der Waals surface area contributed by atoms with Gasteiger partial charge in [0.05, 0.1) is 6.54 Å². The van der Waals surface area contributed by atoms with Crippen molar-refractivity contribution in [1.82, 2.24) is 14.5 Å². The van der Waals surface area contributed by atoms with Gasteiger partial charge in [-0.05, 0) is 0 Å². The van der Waals surface area contributed by atoms with Crippen molar-refractivity contribution in [2.75, 3.05) is 6.61 Å². The average molecular weight is 236 g/mol. The van der Waals surface area contributed by atoms with E-state index in [0.29, 0.717) is 4.57 Å². The van der Waals surface area contributed by atoms with Crippen molar-refractivity contribution in [2.45, 2.75) is 6.54 Å². The van der Waals surface area contributed by atoms with Crippen LogP contribution in [0.15, 0.2) is 14.4 Å². The topological polar surface area (TPSA) is 114 Å². The molecular weight excluding hydrogens is 230 g/mol. The minimum absolute atomic E-state index is 0.191. The van der Waals surface area contributed by atoms with E-state index in [9.17, 15) is 19.2 Å². The van der Waals surface area contributed by atoms with E-state index >= 15 is 0 Å². The molecule has 82 valence electrons. The number of halogens is 1. The van der Waals surface area contributed by atoms with Crippen LogP contribution in [0.5, 0.6) is 0 Å². The predicted molar refractivity (Wildman–Crippen MR) is 49.1 cm³/mol. The van der Waals surface area contributed by atoms with Gasteiger partial charge >= 0.3 is 22.5 Å². The zero-order valence-corrected chi connectivity index (χ0v) is 8.04. The molecule has 0 unspecified atom stereocenters. The number of nitrogens with zero attached hydrogens (tertiary/aromatic N) is 1. The zero-order chi connectivity index (χ0) is 11.4. The second-order valence-corrected chi connectivity index (χ2v) is 2.74.